The molecule has 1 heterocycles. The van der Waals surface area contributed by atoms with Crippen LogP contribution in [0, 0.1) is 0 Å². The van der Waals surface area contributed by atoms with Gasteiger partial charge in [-0.2, -0.15) is 0 Å². The fourth-order valence-electron chi connectivity index (χ4n) is 2.04. The van der Waals surface area contributed by atoms with Crippen LogP contribution in [0.4, 0.5) is 4.79 Å². The lowest BCUT2D eigenvalue weighted by molar-refractivity contribution is 0.0192. The molecule has 0 radical (unpaired) electrons. The van der Waals surface area contributed by atoms with Crippen LogP contribution in [-0.4, -0.2) is 35.7 Å². The molecule has 1 rings (SSSR count). The van der Waals surface area contributed by atoms with Crippen LogP contribution < -0.4 is 5.32 Å². The van der Waals surface area contributed by atoms with Gasteiger partial charge in [0.1, 0.15) is 5.60 Å². The molecule has 1 aromatic heterocycles. The van der Waals surface area contributed by atoms with Gasteiger partial charge in [-0.15, -0.1) is 11.3 Å². The molecular weight excluding hydrogens is 355 g/mol. The highest BCUT2D eigenvalue weighted by atomic mass is 35.5. The van der Waals surface area contributed by atoms with E-state index in [-0.39, 0.29) is 18.2 Å². The minimum Gasteiger partial charge on any atom is -0.444 e. The van der Waals surface area contributed by atoms with Gasteiger partial charge in [0.05, 0.1) is 8.67 Å². The molecule has 4 nitrogen and oxygen atoms in total. The summed E-state index contributed by atoms with van der Waals surface area (Å²) in [4.78, 5) is 14.0. The van der Waals surface area contributed by atoms with Crippen LogP contribution in [-0.2, 0) is 4.74 Å². The third-order valence-electron chi connectivity index (χ3n) is 3.20. The van der Waals surface area contributed by atoms with Gasteiger partial charge in [0.2, 0.25) is 0 Å². The van der Waals surface area contributed by atoms with E-state index in [1.807, 2.05) is 47.6 Å². The van der Waals surface area contributed by atoms with Gasteiger partial charge in [-0.1, -0.05) is 23.2 Å². The maximum absolute atomic E-state index is 12.2. The SMILES string of the molecule is CC(NCCN(C(=O)OC(C)(C)C)C(C)C)c1cc(Cl)sc1Cl. The molecule has 7 heteroatoms. The summed E-state index contributed by atoms with van der Waals surface area (Å²) in [5, 5.41) is 3.37. The number of hydrogen-bond acceptors (Lipinski definition) is 4. The summed E-state index contributed by atoms with van der Waals surface area (Å²) in [5.74, 6) is 0. The summed E-state index contributed by atoms with van der Waals surface area (Å²) in [5.41, 5.74) is 0.487. The van der Waals surface area contributed by atoms with Crippen molar-refractivity contribution in [1.82, 2.24) is 10.2 Å². The Balaban J connectivity index is 2.56. The molecule has 0 aliphatic rings. The molecule has 0 aromatic carbocycles. The Morgan fingerprint density at radius 3 is 2.39 bits per heavy atom. The van der Waals surface area contributed by atoms with E-state index in [0.29, 0.717) is 21.8 Å². The normalized spacial score (nSPS) is 13.3. The first-order valence-electron chi connectivity index (χ1n) is 7.69. The predicted molar refractivity (Wildman–Crippen MR) is 98.8 cm³/mol. The molecule has 0 saturated carbocycles. The zero-order valence-corrected chi connectivity index (χ0v) is 16.9. The number of thiophene rings is 1. The lowest BCUT2D eigenvalue weighted by Crippen LogP contribution is -2.44. The molecule has 0 aliphatic heterocycles. The summed E-state index contributed by atoms with van der Waals surface area (Å²) in [7, 11) is 0. The van der Waals surface area contributed by atoms with Crippen molar-refractivity contribution >= 4 is 40.6 Å². The fraction of sp³-hybridized carbons (Fsp3) is 0.688. The second-order valence-electron chi connectivity index (χ2n) is 6.72. The van der Waals surface area contributed by atoms with Gasteiger partial charge in [-0.3, -0.25) is 0 Å². The first-order valence-corrected chi connectivity index (χ1v) is 9.26. The van der Waals surface area contributed by atoms with Crippen LogP contribution in [0.2, 0.25) is 8.67 Å². The van der Waals surface area contributed by atoms with Crippen LogP contribution in [0.15, 0.2) is 6.07 Å². The summed E-state index contributed by atoms with van der Waals surface area (Å²) < 4.78 is 6.82. The Kier molecular flexibility index (Phi) is 7.65. The standard InChI is InChI=1S/C16H26Cl2N2O2S/c1-10(2)20(15(21)22-16(4,5)6)8-7-19-11(3)12-9-13(17)23-14(12)18/h9-11,19H,7-8H2,1-6H3. The number of ether oxygens (including phenoxy) is 1. The first-order chi connectivity index (χ1) is 10.5. The summed E-state index contributed by atoms with van der Waals surface area (Å²) >= 11 is 13.5. The van der Waals surface area contributed by atoms with Crippen LogP contribution in [0.1, 0.15) is 53.1 Å². The number of nitrogens with one attached hydrogen (secondary N) is 1. The van der Waals surface area contributed by atoms with Crippen LogP contribution in [0.5, 0.6) is 0 Å². The van der Waals surface area contributed by atoms with Crippen molar-refractivity contribution in [1.29, 1.82) is 0 Å². The molecule has 1 aromatic rings. The van der Waals surface area contributed by atoms with E-state index < -0.39 is 5.60 Å². The second-order valence-corrected chi connectivity index (χ2v) is 9.01. The number of carbonyl (C=O) groups excluding carboxylic acids is 1. The van der Waals surface area contributed by atoms with Crippen molar-refractivity contribution < 1.29 is 9.53 Å². The number of carbonyl (C=O) groups is 1. The molecule has 0 saturated heterocycles. The maximum Gasteiger partial charge on any atom is 0.410 e. The van der Waals surface area contributed by atoms with Gasteiger partial charge in [-0.05, 0) is 53.2 Å². The third-order valence-corrected chi connectivity index (χ3v) is 4.72. The Hall–Kier alpha value is -0.490. The largest absolute Gasteiger partial charge is 0.444 e. The topological polar surface area (TPSA) is 41.6 Å². The Morgan fingerprint density at radius 2 is 1.96 bits per heavy atom. The molecule has 0 spiro atoms. The van der Waals surface area contributed by atoms with Gasteiger partial charge in [0.15, 0.2) is 0 Å². The van der Waals surface area contributed by atoms with Gasteiger partial charge in [0.25, 0.3) is 0 Å². The van der Waals surface area contributed by atoms with Crippen molar-refractivity contribution in [3.05, 3.63) is 20.3 Å². The molecule has 0 aliphatic carbocycles. The Labute approximate surface area is 153 Å². The fourth-order valence-corrected chi connectivity index (χ4v) is 3.69. The monoisotopic (exact) mass is 380 g/mol. The predicted octanol–water partition coefficient (Wildman–Crippen LogP) is 5.35. The Bertz CT molecular complexity index is 527. The average molecular weight is 381 g/mol. The van der Waals surface area contributed by atoms with E-state index in [0.717, 1.165) is 5.56 Å². The van der Waals surface area contributed by atoms with Crippen molar-refractivity contribution in [2.45, 2.75) is 59.2 Å². The number of rotatable bonds is 6. The lowest BCUT2D eigenvalue weighted by atomic mass is 10.2. The maximum atomic E-state index is 12.2. The van der Waals surface area contributed by atoms with E-state index in [1.165, 1.54) is 11.3 Å². The number of amides is 1. The highest BCUT2D eigenvalue weighted by molar-refractivity contribution is 7.20. The molecule has 1 atom stereocenters. The molecule has 23 heavy (non-hydrogen) atoms. The quantitative estimate of drug-likeness (QED) is 0.722. The van der Waals surface area contributed by atoms with Gasteiger partial charge in [-0.25, -0.2) is 4.79 Å². The van der Waals surface area contributed by atoms with Crippen molar-refractivity contribution in [2.24, 2.45) is 0 Å². The van der Waals surface area contributed by atoms with Crippen LogP contribution in [0.25, 0.3) is 0 Å². The highest BCUT2D eigenvalue weighted by Gasteiger charge is 2.24. The molecule has 1 unspecified atom stereocenters. The molecule has 132 valence electrons. The third kappa shape index (κ3) is 6.87. The van der Waals surface area contributed by atoms with Gasteiger partial charge in [0, 0.05) is 25.2 Å². The molecule has 0 bridgehead atoms. The lowest BCUT2D eigenvalue weighted by Gasteiger charge is -2.30. The minimum absolute atomic E-state index is 0.0684. The number of hydrogen-bond donors (Lipinski definition) is 1. The van der Waals surface area contributed by atoms with E-state index in [2.05, 4.69) is 5.32 Å². The van der Waals surface area contributed by atoms with Crippen molar-refractivity contribution in [3.8, 4) is 0 Å². The molecule has 1 N–H and O–H groups in total. The van der Waals surface area contributed by atoms with Crippen molar-refractivity contribution in [2.75, 3.05) is 13.1 Å². The van der Waals surface area contributed by atoms with E-state index in [1.54, 1.807) is 4.90 Å². The number of halogens is 2. The van der Waals surface area contributed by atoms with Crippen molar-refractivity contribution in [3.63, 3.8) is 0 Å². The molecular formula is C16H26Cl2N2O2S. The first kappa shape index (κ1) is 20.6. The zero-order valence-electron chi connectivity index (χ0n) is 14.6. The van der Waals surface area contributed by atoms with Gasteiger partial charge >= 0.3 is 6.09 Å². The van der Waals surface area contributed by atoms with E-state index >= 15 is 0 Å². The average Bonchev–Trinajstić information content (AvgIpc) is 2.70. The van der Waals surface area contributed by atoms with Crippen LogP contribution >= 0.6 is 34.5 Å². The smallest absolute Gasteiger partial charge is 0.410 e. The molecule has 1 amide bonds. The second kappa shape index (κ2) is 8.56. The zero-order chi connectivity index (χ0) is 17.8. The summed E-state index contributed by atoms with van der Waals surface area (Å²) in [6.07, 6.45) is -0.293. The Morgan fingerprint density at radius 1 is 1.35 bits per heavy atom. The minimum atomic E-state index is -0.494. The van der Waals surface area contributed by atoms with Gasteiger partial charge < -0.3 is 15.0 Å². The summed E-state index contributed by atoms with van der Waals surface area (Å²) in [6.45, 7) is 12.8. The summed E-state index contributed by atoms with van der Waals surface area (Å²) in [6, 6.07) is 2.01. The number of nitrogens with zero attached hydrogens (tertiary/aromatic N) is 1. The van der Waals surface area contributed by atoms with E-state index in [4.69, 9.17) is 27.9 Å². The highest BCUT2D eigenvalue weighted by Crippen LogP contribution is 2.34. The molecule has 0 fully saturated rings. The van der Waals surface area contributed by atoms with Crippen LogP contribution in [0.3, 0.4) is 0 Å². The van der Waals surface area contributed by atoms with E-state index in [9.17, 15) is 4.79 Å².